The predicted molar refractivity (Wildman–Crippen MR) is 74.0 cm³/mol. The molecule has 0 aliphatic carbocycles. The van der Waals surface area contributed by atoms with Gasteiger partial charge in [0.25, 0.3) is 0 Å². The third-order valence-electron chi connectivity index (χ3n) is 3.61. The Balaban J connectivity index is 1.98. The minimum atomic E-state index is -1.05. The summed E-state index contributed by atoms with van der Waals surface area (Å²) in [5, 5.41) is 28.7. The van der Waals surface area contributed by atoms with E-state index >= 15 is 0 Å². The molecule has 0 aromatic heterocycles. The number of anilines is 1. The number of aliphatic hydroxyl groups excluding tert-OH is 3. The molecular formula is C14H21NO5. The maximum absolute atomic E-state index is 9.90. The van der Waals surface area contributed by atoms with Gasteiger partial charge >= 0.3 is 0 Å². The normalized spacial score (nSPS) is 29.4. The third-order valence-corrected chi connectivity index (χ3v) is 3.61. The molecule has 2 rings (SSSR count). The molecule has 0 radical (unpaired) electrons. The van der Waals surface area contributed by atoms with Crippen LogP contribution in [-0.4, -0.2) is 67.0 Å². The van der Waals surface area contributed by atoms with E-state index in [1.165, 1.54) is 0 Å². The molecule has 20 heavy (non-hydrogen) atoms. The van der Waals surface area contributed by atoms with E-state index in [1.807, 2.05) is 36.2 Å². The SMILES string of the molecule is COc1ccc(N(C)CC2O[C@H](CO)[C@H](O)[C@@H]2O)cc1. The van der Waals surface area contributed by atoms with Crippen LogP contribution in [0.25, 0.3) is 0 Å². The molecule has 1 heterocycles. The number of nitrogens with zero attached hydrogens (tertiary/aromatic N) is 1. The highest BCUT2D eigenvalue weighted by molar-refractivity contribution is 5.48. The van der Waals surface area contributed by atoms with Gasteiger partial charge in [-0.2, -0.15) is 0 Å². The highest BCUT2D eigenvalue weighted by Gasteiger charge is 2.42. The molecule has 6 heteroatoms. The number of rotatable bonds is 5. The second-order valence-electron chi connectivity index (χ2n) is 4.96. The molecule has 0 bridgehead atoms. The van der Waals surface area contributed by atoms with Crippen molar-refractivity contribution in [2.24, 2.45) is 0 Å². The van der Waals surface area contributed by atoms with Gasteiger partial charge in [0.2, 0.25) is 0 Å². The minimum absolute atomic E-state index is 0.305. The number of aliphatic hydroxyl groups is 3. The summed E-state index contributed by atoms with van der Waals surface area (Å²) in [5.41, 5.74) is 0.948. The number of methoxy groups -OCH3 is 1. The molecule has 0 amide bonds. The van der Waals surface area contributed by atoms with Crippen molar-refractivity contribution in [1.29, 1.82) is 0 Å². The minimum Gasteiger partial charge on any atom is -0.497 e. The highest BCUT2D eigenvalue weighted by Crippen LogP contribution is 2.24. The summed E-state index contributed by atoms with van der Waals surface area (Å²) in [6.07, 6.45) is -3.30. The van der Waals surface area contributed by atoms with Gasteiger partial charge in [-0.25, -0.2) is 0 Å². The Morgan fingerprint density at radius 1 is 1.15 bits per heavy atom. The first-order valence-electron chi connectivity index (χ1n) is 6.54. The summed E-state index contributed by atoms with van der Waals surface area (Å²) in [5.74, 6) is 0.773. The Labute approximate surface area is 118 Å². The van der Waals surface area contributed by atoms with Crippen LogP contribution in [0.15, 0.2) is 24.3 Å². The monoisotopic (exact) mass is 283 g/mol. The average molecular weight is 283 g/mol. The van der Waals surface area contributed by atoms with Crippen LogP contribution in [0.2, 0.25) is 0 Å². The van der Waals surface area contributed by atoms with Gasteiger partial charge < -0.3 is 29.7 Å². The van der Waals surface area contributed by atoms with Crippen molar-refractivity contribution in [2.75, 3.05) is 32.2 Å². The smallest absolute Gasteiger partial charge is 0.119 e. The van der Waals surface area contributed by atoms with Gasteiger partial charge in [0.1, 0.15) is 30.2 Å². The lowest BCUT2D eigenvalue weighted by Crippen LogP contribution is -2.38. The molecule has 0 saturated carbocycles. The lowest BCUT2D eigenvalue weighted by Gasteiger charge is -2.24. The Hall–Kier alpha value is -1.34. The number of likely N-dealkylation sites (N-methyl/N-ethyl adjacent to an activating group) is 1. The van der Waals surface area contributed by atoms with Crippen molar-refractivity contribution in [3.05, 3.63) is 24.3 Å². The zero-order valence-corrected chi connectivity index (χ0v) is 11.6. The Morgan fingerprint density at radius 2 is 1.75 bits per heavy atom. The first-order chi connectivity index (χ1) is 9.56. The van der Waals surface area contributed by atoms with Gasteiger partial charge in [-0.15, -0.1) is 0 Å². The molecular weight excluding hydrogens is 262 g/mol. The quantitative estimate of drug-likeness (QED) is 0.683. The van der Waals surface area contributed by atoms with Gasteiger partial charge in [-0.3, -0.25) is 0 Å². The molecule has 4 atom stereocenters. The van der Waals surface area contributed by atoms with Crippen molar-refractivity contribution < 1.29 is 24.8 Å². The van der Waals surface area contributed by atoms with E-state index in [-0.39, 0.29) is 6.61 Å². The van der Waals surface area contributed by atoms with Gasteiger partial charge in [0, 0.05) is 19.3 Å². The van der Waals surface area contributed by atoms with Crippen LogP contribution in [0.3, 0.4) is 0 Å². The van der Waals surface area contributed by atoms with Crippen LogP contribution in [0.5, 0.6) is 5.75 Å². The van der Waals surface area contributed by atoms with Crippen LogP contribution in [0.4, 0.5) is 5.69 Å². The number of ether oxygens (including phenoxy) is 2. The molecule has 0 spiro atoms. The Morgan fingerprint density at radius 3 is 2.25 bits per heavy atom. The van der Waals surface area contributed by atoms with Gasteiger partial charge in [0.05, 0.1) is 13.7 Å². The van der Waals surface area contributed by atoms with E-state index < -0.39 is 24.4 Å². The second kappa shape index (κ2) is 6.41. The van der Waals surface area contributed by atoms with Crippen LogP contribution < -0.4 is 9.64 Å². The van der Waals surface area contributed by atoms with Crippen molar-refractivity contribution in [2.45, 2.75) is 24.4 Å². The van der Waals surface area contributed by atoms with Crippen molar-refractivity contribution in [3.8, 4) is 5.75 Å². The van der Waals surface area contributed by atoms with Gasteiger partial charge in [0.15, 0.2) is 0 Å². The Kier molecular flexibility index (Phi) is 4.82. The molecule has 1 unspecified atom stereocenters. The molecule has 1 aromatic carbocycles. The first-order valence-corrected chi connectivity index (χ1v) is 6.54. The fraction of sp³-hybridized carbons (Fsp3) is 0.571. The zero-order chi connectivity index (χ0) is 14.7. The number of benzene rings is 1. The lowest BCUT2D eigenvalue weighted by molar-refractivity contribution is -0.0195. The van der Waals surface area contributed by atoms with Crippen molar-refractivity contribution in [1.82, 2.24) is 0 Å². The van der Waals surface area contributed by atoms with E-state index in [0.717, 1.165) is 11.4 Å². The van der Waals surface area contributed by atoms with Crippen molar-refractivity contribution in [3.63, 3.8) is 0 Å². The van der Waals surface area contributed by atoms with Crippen LogP contribution in [0, 0.1) is 0 Å². The number of hydrogen-bond acceptors (Lipinski definition) is 6. The molecule has 112 valence electrons. The van der Waals surface area contributed by atoms with Gasteiger partial charge in [-0.1, -0.05) is 0 Å². The van der Waals surface area contributed by atoms with E-state index in [0.29, 0.717) is 6.54 Å². The maximum Gasteiger partial charge on any atom is 0.119 e. The van der Waals surface area contributed by atoms with E-state index in [9.17, 15) is 10.2 Å². The summed E-state index contributed by atoms with van der Waals surface area (Å²) in [6.45, 7) is 0.113. The summed E-state index contributed by atoms with van der Waals surface area (Å²) < 4.78 is 10.6. The predicted octanol–water partition coefficient (Wildman–Crippen LogP) is -0.387. The third kappa shape index (κ3) is 3.04. The van der Waals surface area contributed by atoms with Crippen LogP contribution in [0.1, 0.15) is 0 Å². The average Bonchev–Trinajstić information content (AvgIpc) is 2.75. The zero-order valence-electron chi connectivity index (χ0n) is 11.6. The summed E-state index contributed by atoms with van der Waals surface area (Å²) in [7, 11) is 3.48. The lowest BCUT2D eigenvalue weighted by atomic mass is 10.1. The fourth-order valence-corrected chi connectivity index (χ4v) is 2.34. The number of hydrogen-bond donors (Lipinski definition) is 3. The topological polar surface area (TPSA) is 82.4 Å². The summed E-state index contributed by atoms with van der Waals surface area (Å²) in [6, 6.07) is 7.51. The fourth-order valence-electron chi connectivity index (χ4n) is 2.34. The summed E-state index contributed by atoms with van der Waals surface area (Å²) in [4.78, 5) is 1.92. The standard InChI is InChI=1S/C14H21NO5/c1-15(9-3-5-10(19-2)6-4-9)7-11-13(17)14(18)12(8-16)20-11/h3-6,11-14,16-18H,7-8H2,1-2H3/t11?,12-,13-,14+/m1/s1. The van der Waals surface area contributed by atoms with E-state index in [2.05, 4.69) is 0 Å². The van der Waals surface area contributed by atoms with Crippen molar-refractivity contribution >= 4 is 5.69 Å². The molecule has 1 saturated heterocycles. The molecule has 1 aliphatic heterocycles. The molecule has 3 N–H and O–H groups in total. The summed E-state index contributed by atoms with van der Waals surface area (Å²) >= 11 is 0. The molecule has 1 aliphatic rings. The van der Waals surface area contributed by atoms with E-state index in [4.69, 9.17) is 14.6 Å². The maximum atomic E-state index is 9.90. The van der Waals surface area contributed by atoms with Crippen LogP contribution in [-0.2, 0) is 4.74 Å². The second-order valence-corrected chi connectivity index (χ2v) is 4.96. The molecule has 6 nitrogen and oxygen atoms in total. The highest BCUT2D eigenvalue weighted by atomic mass is 16.6. The Bertz CT molecular complexity index is 424. The largest absolute Gasteiger partial charge is 0.497 e. The molecule has 1 aromatic rings. The van der Waals surface area contributed by atoms with E-state index in [1.54, 1.807) is 7.11 Å². The molecule has 1 fully saturated rings. The first kappa shape index (κ1) is 15.1. The van der Waals surface area contributed by atoms with Gasteiger partial charge in [-0.05, 0) is 24.3 Å². The van der Waals surface area contributed by atoms with Crippen LogP contribution >= 0.6 is 0 Å².